The van der Waals surface area contributed by atoms with E-state index in [9.17, 15) is 9.90 Å². The Morgan fingerprint density at radius 3 is 3.11 bits per heavy atom. The number of hydrogen-bond acceptors (Lipinski definition) is 3. The second-order valence-electron chi connectivity index (χ2n) is 4.70. The first kappa shape index (κ1) is 11.1. The molecule has 0 saturated heterocycles. The first-order valence-electron chi connectivity index (χ1n) is 6.17. The minimum Gasteiger partial charge on any atom is -0.476 e. The van der Waals surface area contributed by atoms with Gasteiger partial charge >= 0.3 is 5.97 Å². The monoisotopic (exact) mass is 245 g/mol. The quantitative estimate of drug-likeness (QED) is 0.867. The van der Waals surface area contributed by atoms with Crippen molar-refractivity contribution < 1.29 is 9.90 Å². The van der Waals surface area contributed by atoms with Crippen molar-refractivity contribution in [3.8, 4) is 0 Å². The summed E-state index contributed by atoms with van der Waals surface area (Å²) in [7, 11) is 0. The third-order valence-electron chi connectivity index (χ3n) is 3.50. The summed E-state index contributed by atoms with van der Waals surface area (Å²) in [5.41, 5.74) is 0.874. The highest BCUT2D eigenvalue weighted by Gasteiger charge is 2.36. The van der Waals surface area contributed by atoms with Crippen LogP contribution in [0.15, 0.2) is 24.4 Å². The standard InChI is InChI=1S/C13H15N3O2/c1-2-8-7-9(8)14-12-11(13(17)18)16-6-4-3-5-10(16)15-12/h3-6,8-9,14H,2,7H2,1H3,(H,17,18). The zero-order valence-electron chi connectivity index (χ0n) is 10.1. The molecule has 1 fully saturated rings. The van der Waals surface area contributed by atoms with Gasteiger partial charge in [0.25, 0.3) is 0 Å². The van der Waals surface area contributed by atoms with Gasteiger partial charge < -0.3 is 10.4 Å². The van der Waals surface area contributed by atoms with E-state index in [1.54, 1.807) is 16.7 Å². The number of carboxylic acids is 1. The van der Waals surface area contributed by atoms with Crippen LogP contribution in [0.1, 0.15) is 30.3 Å². The predicted molar refractivity (Wildman–Crippen MR) is 68.0 cm³/mol. The van der Waals surface area contributed by atoms with Crippen LogP contribution in [-0.2, 0) is 0 Å². The summed E-state index contributed by atoms with van der Waals surface area (Å²) in [5.74, 6) is 0.177. The van der Waals surface area contributed by atoms with Crippen molar-refractivity contribution in [2.75, 3.05) is 5.32 Å². The number of carbonyl (C=O) groups is 1. The summed E-state index contributed by atoms with van der Waals surface area (Å²) in [6.07, 6.45) is 3.94. The molecule has 2 aromatic rings. The maximum Gasteiger partial charge on any atom is 0.356 e. The van der Waals surface area contributed by atoms with Gasteiger partial charge in [0.15, 0.2) is 11.5 Å². The molecule has 0 aliphatic heterocycles. The number of imidazole rings is 1. The lowest BCUT2D eigenvalue weighted by molar-refractivity contribution is 0.0690. The highest BCUT2D eigenvalue weighted by atomic mass is 16.4. The van der Waals surface area contributed by atoms with E-state index in [4.69, 9.17) is 0 Å². The molecule has 2 aromatic heterocycles. The summed E-state index contributed by atoms with van der Waals surface area (Å²) in [4.78, 5) is 15.7. The van der Waals surface area contributed by atoms with Gasteiger partial charge in [-0.2, -0.15) is 0 Å². The van der Waals surface area contributed by atoms with Crippen LogP contribution < -0.4 is 5.32 Å². The molecule has 2 unspecified atom stereocenters. The van der Waals surface area contributed by atoms with Crippen LogP contribution in [0.3, 0.4) is 0 Å². The van der Waals surface area contributed by atoms with E-state index in [2.05, 4.69) is 17.2 Å². The molecular formula is C13H15N3O2. The topological polar surface area (TPSA) is 66.6 Å². The molecule has 1 aliphatic carbocycles. The summed E-state index contributed by atoms with van der Waals surface area (Å²) in [5, 5.41) is 12.6. The first-order valence-corrected chi connectivity index (χ1v) is 6.17. The normalized spacial score (nSPS) is 22.1. The lowest BCUT2D eigenvalue weighted by Crippen LogP contribution is -2.10. The predicted octanol–water partition coefficient (Wildman–Crippen LogP) is 2.24. The third-order valence-corrected chi connectivity index (χ3v) is 3.50. The van der Waals surface area contributed by atoms with Gasteiger partial charge in [-0.3, -0.25) is 4.40 Å². The Hall–Kier alpha value is -2.04. The van der Waals surface area contributed by atoms with Crippen molar-refractivity contribution >= 4 is 17.4 Å². The molecule has 18 heavy (non-hydrogen) atoms. The van der Waals surface area contributed by atoms with Gasteiger partial charge in [-0.15, -0.1) is 0 Å². The van der Waals surface area contributed by atoms with E-state index >= 15 is 0 Å². The fraction of sp³-hybridized carbons (Fsp3) is 0.385. The molecule has 0 bridgehead atoms. The fourth-order valence-corrected chi connectivity index (χ4v) is 2.35. The van der Waals surface area contributed by atoms with E-state index in [1.807, 2.05) is 12.1 Å². The molecule has 0 spiro atoms. The average molecular weight is 245 g/mol. The zero-order chi connectivity index (χ0) is 12.7. The van der Waals surface area contributed by atoms with Crippen LogP contribution in [0.4, 0.5) is 5.82 Å². The van der Waals surface area contributed by atoms with Crippen LogP contribution in [-0.4, -0.2) is 26.5 Å². The number of pyridine rings is 1. The van der Waals surface area contributed by atoms with Crippen LogP contribution >= 0.6 is 0 Å². The van der Waals surface area contributed by atoms with Crippen LogP contribution in [0.25, 0.3) is 5.65 Å². The molecular weight excluding hydrogens is 230 g/mol. The largest absolute Gasteiger partial charge is 0.476 e. The second kappa shape index (κ2) is 4.01. The highest BCUT2D eigenvalue weighted by molar-refractivity contribution is 5.93. The summed E-state index contributed by atoms with van der Waals surface area (Å²) in [6, 6.07) is 5.83. The van der Waals surface area contributed by atoms with Gasteiger partial charge in [-0.25, -0.2) is 9.78 Å². The van der Waals surface area contributed by atoms with Gasteiger partial charge in [0.2, 0.25) is 0 Å². The Morgan fingerprint density at radius 1 is 1.61 bits per heavy atom. The Bertz CT molecular complexity index is 605. The van der Waals surface area contributed by atoms with Crippen LogP contribution in [0, 0.1) is 5.92 Å². The van der Waals surface area contributed by atoms with Gasteiger partial charge in [0, 0.05) is 12.2 Å². The summed E-state index contributed by atoms with van der Waals surface area (Å²) in [6.45, 7) is 2.15. The van der Waals surface area contributed by atoms with Gasteiger partial charge in [-0.1, -0.05) is 19.4 Å². The van der Waals surface area contributed by atoms with Crippen LogP contribution in [0.5, 0.6) is 0 Å². The number of rotatable bonds is 4. The number of carboxylic acid groups (broad SMARTS) is 1. The van der Waals surface area contributed by atoms with E-state index in [-0.39, 0.29) is 5.69 Å². The molecule has 0 amide bonds. The maximum absolute atomic E-state index is 11.3. The van der Waals surface area contributed by atoms with Crippen LogP contribution in [0.2, 0.25) is 0 Å². The number of nitrogens with zero attached hydrogens (tertiary/aromatic N) is 2. The lowest BCUT2D eigenvalue weighted by Gasteiger charge is -2.03. The molecule has 1 aliphatic rings. The first-order chi connectivity index (χ1) is 8.70. The molecule has 0 aromatic carbocycles. The van der Waals surface area contributed by atoms with Crippen molar-refractivity contribution in [1.82, 2.24) is 9.38 Å². The van der Waals surface area contributed by atoms with E-state index in [0.717, 1.165) is 12.8 Å². The molecule has 3 rings (SSSR count). The molecule has 2 heterocycles. The van der Waals surface area contributed by atoms with Gasteiger partial charge in [0.1, 0.15) is 5.65 Å². The second-order valence-corrected chi connectivity index (χ2v) is 4.70. The number of aromatic nitrogens is 2. The number of fused-ring (bicyclic) bond motifs is 1. The van der Waals surface area contributed by atoms with E-state index < -0.39 is 5.97 Å². The average Bonchev–Trinajstić information content (AvgIpc) is 2.99. The van der Waals surface area contributed by atoms with Crippen molar-refractivity contribution in [2.45, 2.75) is 25.8 Å². The minimum absolute atomic E-state index is 0.215. The minimum atomic E-state index is -0.954. The number of hydrogen-bond donors (Lipinski definition) is 2. The molecule has 0 radical (unpaired) electrons. The Labute approximate surface area is 104 Å². The van der Waals surface area contributed by atoms with Crippen molar-refractivity contribution in [2.24, 2.45) is 5.92 Å². The van der Waals surface area contributed by atoms with Crippen molar-refractivity contribution in [3.05, 3.63) is 30.1 Å². The number of aromatic carboxylic acids is 1. The van der Waals surface area contributed by atoms with E-state index in [1.165, 1.54) is 0 Å². The fourth-order valence-electron chi connectivity index (χ4n) is 2.35. The summed E-state index contributed by atoms with van der Waals surface area (Å²) >= 11 is 0. The van der Waals surface area contributed by atoms with Crippen molar-refractivity contribution in [1.29, 1.82) is 0 Å². The smallest absolute Gasteiger partial charge is 0.356 e. The van der Waals surface area contributed by atoms with Gasteiger partial charge in [-0.05, 0) is 24.5 Å². The molecule has 5 heteroatoms. The lowest BCUT2D eigenvalue weighted by atomic mass is 10.3. The zero-order valence-corrected chi connectivity index (χ0v) is 10.1. The molecule has 94 valence electrons. The Kier molecular flexibility index (Phi) is 2.47. The summed E-state index contributed by atoms with van der Waals surface area (Å²) < 4.78 is 1.61. The maximum atomic E-state index is 11.3. The molecule has 1 saturated carbocycles. The molecule has 5 nitrogen and oxygen atoms in total. The molecule has 2 atom stereocenters. The SMILES string of the molecule is CCC1CC1Nc1nc2ccccn2c1C(=O)O. The Morgan fingerprint density at radius 2 is 2.44 bits per heavy atom. The third kappa shape index (κ3) is 1.72. The van der Waals surface area contributed by atoms with Crippen molar-refractivity contribution in [3.63, 3.8) is 0 Å². The van der Waals surface area contributed by atoms with Gasteiger partial charge in [0.05, 0.1) is 0 Å². The number of nitrogens with one attached hydrogen (secondary N) is 1. The number of anilines is 1. The Balaban J connectivity index is 2.00. The highest BCUT2D eigenvalue weighted by Crippen LogP contribution is 2.36. The molecule has 2 N–H and O–H groups in total. The van der Waals surface area contributed by atoms with E-state index in [0.29, 0.717) is 23.4 Å².